The SMILES string of the molecule is CO/N=C(/Cc1ccc(Cl)cc1)c1ccc(OC)cc1. The first kappa shape index (κ1) is 14.4. The molecule has 0 fully saturated rings. The van der Waals surface area contributed by atoms with Crippen LogP contribution in [0.25, 0.3) is 0 Å². The number of hydrogen-bond donors (Lipinski definition) is 0. The standard InChI is InChI=1S/C16H16ClNO2/c1-19-15-9-5-13(6-10-15)16(18-20-2)11-12-3-7-14(17)8-4-12/h3-10H,11H2,1-2H3/b18-16-. The first-order valence-electron chi connectivity index (χ1n) is 6.22. The summed E-state index contributed by atoms with van der Waals surface area (Å²) in [5.74, 6) is 0.817. The second-order valence-corrected chi connectivity index (χ2v) is 4.69. The third kappa shape index (κ3) is 3.75. The van der Waals surface area contributed by atoms with Crippen molar-refractivity contribution in [2.24, 2.45) is 5.16 Å². The quantitative estimate of drug-likeness (QED) is 0.616. The van der Waals surface area contributed by atoms with Gasteiger partial charge in [0.2, 0.25) is 0 Å². The first-order chi connectivity index (χ1) is 9.72. The van der Waals surface area contributed by atoms with Crippen LogP contribution in [0, 0.1) is 0 Å². The van der Waals surface area contributed by atoms with Gasteiger partial charge < -0.3 is 9.57 Å². The molecule has 0 unspecified atom stereocenters. The average Bonchev–Trinajstić information content (AvgIpc) is 2.49. The third-order valence-corrected chi connectivity index (χ3v) is 3.16. The summed E-state index contributed by atoms with van der Waals surface area (Å²) < 4.78 is 5.15. The fourth-order valence-electron chi connectivity index (χ4n) is 1.88. The molecule has 0 aromatic heterocycles. The van der Waals surface area contributed by atoms with Gasteiger partial charge in [-0.3, -0.25) is 0 Å². The van der Waals surface area contributed by atoms with E-state index in [9.17, 15) is 0 Å². The molecule has 0 amide bonds. The molecule has 104 valence electrons. The summed E-state index contributed by atoms with van der Waals surface area (Å²) in [5.41, 5.74) is 2.99. The van der Waals surface area contributed by atoms with Gasteiger partial charge in [-0.25, -0.2) is 0 Å². The zero-order chi connectivity index (χ0) is 14.4. The molecule has 0 saturated heterocycles. The van der Waals surface area contributed by atoms with E-state index >= 15 is 0 Å². The maximum atomic E-state index is 5.89. The lowest BCUT2D eigenvalue weighted by molar-refractivity contribution is 0.213. The van der Waals surface area contributed by atoms with Crippen LogP contribution in [-0.2, 0) is 11.3 Å². The Kier molecular flexibility index (Phi) is 5.02. The summed E-state index contributed by atoms with van der Waals surface area (Å²) in [6.07, 6.45) is 0.678. The number of rotatable bonds is 5. The molecule has 0 aliphatic carbocycles. The van der Waals surface area contributed by atoms with Crippen LogP contribution in [0.1, 0.15) is 11.1 Å². The van der Waals surface area contributed by atoms with Crippen molar-refractivity contribution in [1.82, 2.24) is 0 Å². The van der Waals surface area contributed by atoms with Gasteiger partial charge in [0.05, 0.1) is 12.8 Å². The second kappa shape index (κ2) is 6.96. The molecular formula is C16H16ClNO2. The maximum absolute atomic E-state index is 5.89. The molecule has 0 aliphatic rings. The van der Waals surface area contributed by atoms with Crippen molar-refractivity contribution < 1.29 is 9.57 Å². The summed E-state index contributed by atoms with van der Waals surface area (Å²) in [4.78, 5) is 4.94. The normalized spacial score (nSPS) is 11.2. The summed E-state index contributed by atoms with van der Waals surface area (Å²) in [6, 6.07) is 15.4. The topological polar surface area (TPSA) is 30.8 Å². The van der Waals surface area contributed by atoms with Crippen LogP contribution < -0.4 is 4.74 Å². The van der Waals surface area contributed by atoms with E-state index in [0.29, 0.717) is 6.42 Å². The number of hydrogen-bond acceptors (Lipinski definition) is 3. The summed E-state index contributed by atoms with van der Waals surface area (Å²) >= 11 is 5.89. The van der Waals surface area contributed by atoms with Gasteiger partial charge in [-0.15, -0.1) is 0 Å². The van der Waals surface area contributed by atoms with E-state index < -0.39 is 0 Å². The Hall–Kier alpha value is -2.00. The van der Waals surface area contributed by atoms with Crippen molar-refractivity contribution in [2.75, 3.05) is 14.2 Å². The van der Waals surface area contributed by atoms with E-state index in [1.165, 1.54) is 0 Å². The van der Waals surface area contributed by atoms with Crippen LogP contribution in [0.15, 0.2) is 53.7 Å². The number of oxime groups is 1. The van der Waals surface area contributed by atoms with Crippen LogP contribution >= 0.6 is 11.6 Å². The molecule has 0 bridgehead atoms. The van der Waals surface area contributed by atoms with Gasteiger partial charge in [-0.05, 0) is 47.5 Å². The van der Waals surface area contributed by atoms with Gasteiger partial charge >= 0.3 is 0 Å². The molecule has 0 heterocycles. The highest BCUT2D eigenvalue weighted by atomic mass is 35.5. The Morgan fingerprint density at radius 3 is 2.20 bits per heavy atom. The lowest BCUT2D eigenvalue weighted by Crippen LogP contribution is -2.06. The maximum Gasteiger partial charge on any atom is 0.118 e. The minimum absolute atomic E-state index is 0.678. The molecule has 3 nitrogen and oxygen atoms in total. The molecule has 0 spiro atoms. The Balaban J connectivity index is 2.22. The zero-order valence-corrected chi connectivity index (χ0v) is 12.2. The van der Waals surface area contributed by atoms with Crippen LogP contribution in [0.5, 0.6) is 5.75 Å². The molecule has 2 rings (SSSR count). The Morgan fingerprint density at radius 1 is 1.00 bits per heavy atom. The van der Waals surface area contributed by atoms with Crippen molar-refractivity contribution in [1.29, 1.82) is 0 Å². The highest BCUT2D eigenvalue weighted by molar-refractivity contribution is 6.30. The van der Waals surface area contributed by atoms with Crippen LogP contribution in [0.4, 0.5) is 0 Å². The zero-order valence-electron chi connectivity index (χ0n) is 11.5. The molecule has 20 heavy (non-hydrogen) atoms. The molecule has 0 radical (unpaired) electrons. The summed E-state index contributed by atoms with van der Waals surface area (Å²) in [7, 11) is 3.19. The lowest BCUT2D eigenvalue weighted by Gasteiger charge is -2.07. The van der Waals surface area contributed by atoms with E-state index in [4.69, 9.17) is 21.2 Å². The molecule has 0 N–H and O–H groups in total. The minimum atomic E-state index is 0.678. The Labute approximate surface area is 123 Å². The number of methoxy groups -OCH3 is 1. The highest BCUT2D eigenvalue weighted by Crippen LogP contribution is 2.16. The number of benzene rings is 2. The Morgan fingerprint density at radius 2 is 1.65 bits per heavy atom. The summed E-state index contributed by atoms with van der Waals surface area (Å²) in [5, 5.41) is 4.84. The number of halogens is 1. The molecule has 0 aliphatic heterocycles. The molecule has 4 heteroatoms. The Bertz CT molecular complexity index is 576. The van der Waals surface area contributed by atoms with Gasteiger partial charge in [0.25, 0.3) is 0 Å². The van der Waals surface area contributed by atoms with Crippen molar-refractivity contribution >= 4 is 17.3 Å². The lowest BCUT2D eigenvalue weighted by atomic mass is 10.0. The van der Waals surface area contributed by atoms with Crippen molar-refractivity contribution in [3.05, 3.63) is 64.7 Å². The van der Waals surface area contributed by atoms with E-state index in [0.717, 1.165) is 27.6 Å². The number of ether oxygens (including phenoxy) is 1. The largest absolute Gasteiger partial charge is 0.497 e. The van der Waals surface area contributed by atoms with Crippen LogP contribution in [-0.4, -0.2) is 19.9 Å². The van der Waals surface area contributed by atoms with Crippen LogP contribution in [0.3, 0.4) is 0 Å². The van der Waals surface area contributed by atoms with Crippen LogP contribution in [0.2, 0.25) is 5.02 Å². The number of nitrogens with zero attached hydrogens (tertiary/aromatic N) is 1. The van der Waals surface area contributed by atoms with Gasteiger partial charge in [-0.1, -0.05) is 28.9 Å². The van der Waals surface area contributed by atoms with E-state index in [1.807, 2.05) is 48.5 Å². The summed E-state index contributed by atoms with van der Waals surface area (Å²) in [6.45, 7) is 0. The molecular weight excluding hydrogens is 274 g/mol. The van der Waals surface area contributed by atoms with E-state index in [2.05, 4.69) is 5.16 Å². The average molecular weight is 290 g/mol. The fraction of sp³-hybridized carbons (Fsp3) is 0.188. The third-order valence-electron chi connectivity index (χ3n) is 2.91. The molecule has 2 aromatic carbocycles. The molecule has 2 aromatic rings. The van der Waals surface area contributed by atoms with E-state index in [1.54, 1.807) is 14.2 Å². The predicted octanol–water partition coefficient (Wildman–Crippen LogP) is 3.94. The van der Waals surface area contributed by atoms with Crippen molar-refractivity contribution in [3.63, 3.8) is 0 Å². The van der Waals surface area contributed by atoms with Gasteiger partial charge in [0.1, 0.15) is 12.9 Å². The van der Waals surface area contributed by atoms with Crippen molar-refractivity contribution in [3.8, 4) is 5.75 Å². The van der Waals surface area contributed by atoms with E-state index in [-0.39, 0.29) is 0 Å². The second-order valence-electron chi connectivity index (χ2n) is 4.25. The molecule has 0 atom stereocenters. The molecule has 0 saturated carbocycles. The predicted molar refractivity (Wildman–Crippen MR) is 81.7 cm³/mol. The monoisotopic (exact) mass is 289 g/mol. The fourth-order valence-corrected chi connectivity index (χ4v) is 2.00. The smallest absolute Gasteiger partial charge is 0.118 e. The van der Waals surface area contributed by atoms with Crippen molar-refractivity contribution in [2.45, 2.75) is 6.42 Å². The van der Waals surface area contributed by atoms with Gasteiger partial charge in [-0.2, -0.15) is 0 Å². The van der Waals surface area contributed by atoms with Gasteiger partial charge in [0, 0.05) is 11.4 Å². The highest BCUT2D eigenvalue weighted by Gasteiger charge is 2.07. The first-order valence-corrected chi connectivity index (χ1v) is 6.59. The van der Waals surface area contributed by atoms with Gasteiger partial charge in [0.15, 0.2) is 0 Å². The minimum Gasteiger partial charge on any atom is -0.497 e.